The van der Waals surface area contributed by atoms with Crippen LogP contribution in [0.4, 0.5) is 0 Å². The monoisotopic (exact) mass is 359 g/mol. The molecule has 0 aliphatic rings. The Labute approximate surface area is 149 Å². The number of benzene rings is 1. The van der Waals surface area contributed by atoms with Gasteiger partial charge in [0, 0.05) is 6.07 Å². The lowest BCUT2D eigenvalue weighted by Gasteiger charge is -2.14. The molecule has 8 nitrogen and oxygen atoms in total. The first-order valence-corrected chi connectivity index (χ1v) is 7.63. The van der Waals surface area contributed by atoms with Crippen LogP contribution in [-0.2, 0) is 11.3 Å². The number of hydrogen-bond acceptors (Lipinski definition) is 8. The Balaban J connectivity index is 1.74. The predicted octanol–water partition coefficient (Wildman–Crippen LogP) is 3.32. The first-order chi connectivity index (χ1) is 12.7. The molecular weight excluding hydrogens is 342 g/mol. The van der Waals surface area contributed by atoms with Crippen molar-refractivity contribution in [2.75, 3.05) is 21.3 Å². The lowest BCUT2D eigenvalue weighted by atomic mass is 10.1. The first-order valence-electron chi connectivity index (χ1n) is 7.63. The molecule has 8 heteroatoms. The molecule has 1 aromatic carbocycles. The number of ether oxygens (including phenoxy) is 4. The van der Waals surface area contributed by atoms with E-state index in [1.54, 1.807) is 30.3 Å². The average molecular weight is 359 g/mol. The molecule has 0 atom stereocenters. The Kier molecular flexibility index (Phi) is 5.12. The van der Waals surface area contributed by atoms with Crippen molar-refractivity contribution in [1.82, 2.24) is 5.16 Å². The molecule has 0 saturated heterocycles. The van der Waals surface area contributed by atoms with Crippen molar-refractivity contribution in [3.05, 3.63) is 47.9 Å². The highest BCUT2D eigenvalue weighted by molar-refractivity contribution is 5.94. The summed E-state index contributed by atoms with van der Waals surface area (Å²) in [5, 5.41) is 3.85. The van der Waals surface area contributed by atoms with Crippen LogP contribution in [0.5, 0.6) is 17.2 Å². The zero-order chi connectivity index (χ0) is 18.5. The van der Waals surface area contributed by atoms with E-state index in [4.69, 9.17) is 27.9 Å². The van der Waals surface area contributed by atoms with E-state index in [-0.39, 0.29) is 17.9 Å². The summed E-state index contributed by atoms with van der Waals surface area (Å²) in [5.74, 6) is 1.38. The number of methoxy groups -OCH3 is 3. The maximum atomic E-state index is 12.4. The van der Waals surface area contributed by atoms with Crippen LogP contribution < -0.4 is 14.2 Å². The summed E-state index contributed by atoms with van der Waals surface area (Å²) in [6.07, 6.45) is 1.53. The fourth-order valence-corrected chi connectivity index (χ4v) is 2.39. The summed E-state index contributed by atoms with van der Waals surface area (Å²) in [5.41, 5.74) is 0.657. The fourth-order valence-electron chi connectivity index (χ4n) is 2.39. The smallest absolute Gasteiger partial charge is 0.342 e. The second-order valence-corrected chi connectivity index (χ2v) is 5.12. The van der Waals surface area contributed by atoms with Gasteiger partial charge in [0.2, 0.25) is 11.5 Å². The lowest BCUT2D eigenvalue weighted by molar-refractivity contribution is 0.0460. The Hall–Kier alpha value is -3.42. The van der Waals surface area contributed by atoms with E-state index in [1.807, 2.05) is 0 Å². The van der Waals surface area contributed by atoms with Gasteiger partial charge in [0.1, 0.15) is 17.9 Å². The molecule has 0 amide bonds. The third-order valence-corrected chi connectivity index (χ3v) is 3.60. The number of esters is 1. The predicted molar refractivity (Wildman–Crippen MR) is 89.4 cm³/mol. The minimum Gasteiger partial charge on any atom is -0.493 e. The van der Waals surface area contributed by atoms with Crippen LogP contribution >= 0.6 is 0 Å². The number of hydrogen-bond donors (Lipinski definition) is 0. The van der Waals surface area contributed by atoms with Crippen molar-refractivity contribution in [2.24, 2.45) is 0 Å². The van der Waals surface area contributed by atoms with E-state index in [0.29, 0.717) is 28.7 Å². The maximum Gasteiger partial charge on any atom is 0.342 e. The van der Waals surface area contributed by atoms with E-state index < -0.39 is 5.97 Å². The molecule has 3 aromatic rings. The molecule has 2 aromatic heterocycles. The summed E-state index contributed by atoms with van der Waals surface area (Å²) in [6.45, 7) is -0.0689. The highest BCUT2D eigenvalue weighted by atomic mass is 16.5. The molecule has 0 unspecified atom stereocenters. The molecule has 0 spiro atoms. The minimum atomic E-state index is -0.592. The van der Waals surface area contributed by atoms with Crippen LogP contribution in [0.15, 0.2) is 45.5 Å². The normalized spacial score (nSPS) is 10.4. The molecule has 26 heavy (non-hydrogen) atoms. The molecule has 3 rings (SSSR count). The Morgan fingerprint density at radius 3 is 2.50 bits per heavy atom. The fraction of sp³-hybridized carbons (Fsp3) is 0.222. The summed E-state index contributed by atoms with van der Waals surface area (Å²) in [4.78, 5) is 12.4. The zero-order valence-corrected chi connectivity index (χ0v) is 14.5. The summed E-state index contributed by atoms with van der Waals surface area (Å²) in [6, 6.07) is 8.26. The number of furan rings is 1. The van der Waals surface area contributed by atoms with Crippen LogP contribution in [0.2, 0.25) is 0 Å². The average Bonchev–Trinajstić information content (AvgIpc) is 3.35. The quantitative estimate of drug-likeness (QED) is 0.593. The number of nitrogens with zero attached hydrogens (tertiary/aromatic N) is 1. The van der Waals surface area contributed by atoms with Crippen LogP contribution in [0.3, 0.4) is 0 Å². The third kappa shape index (κ3) is 3.34. The molecular formula is C18H17NO7. The van der Waals surface area contributed by atoms with Crippen molar-refractivity contribution in [2.45, 2.75) is 6.61 Å². The standard InChI is InChI=1S/C18H17NO7/c1-21-14-7-6-12(16(22-2)17(14)23-3)18(20)25-10-11-9-15(26-19-11)13-5-4-8-24-13/h4-9H,10H2,1-3H3. The largest absolute Gasteiger partial charge is 0.493 e. The highest BCUT2D eigenvalue weighted by Crippen LogP contribution is 2.40. The van der Waals surface area contributed by atoms with Gasteiger partial charge in [-0.25, -0.2) is 4.79 Å². The van der Waals surface area contributed by atoms with E-state index in [1.165, 1.54) is 27.6 Å². The van der Waals surface area contributed by atoms with Crippen molar-refractivity contribution < 1.29 is 32.7 Å². The van der Waals surface area contributed by atoms with E-state index in [0.717, 1.165) is 0 Å². The first kappa shape index (κ1) is 17.4. The Bertz CT molecular complexity index is 883. The van der Waals surface area contributed by atoms with Gasteiger partial charge in [-0.1, -0.05) is 5.16 Å². The Morgan fingerprint density at radius 1 is 1.04 bits per heavy atom. The van der Waals surface area contributed by atoms with E-state index in [9.17, 15) is 4.79 Å². The molecule has 0 bridgehead atoms. The molecule has 0 N–H and O–H groups in total. The van der Waals surface area contributed by atoms with Crippen molar-refractivity contribution in [3.63, 3.8) is 0 Å². The molecule has 0 aliphatic heterocycles. The molecule has 2 heterocycles. The molecule has 0 saturated carbocycles. The van der Waals surface area contributed by atoms with Gasteiger partial charge in [-0.3, -0.25) is 0 Å². The third-order valence-electron chi connectivity index (χ3n) is 3.60. The molecule has 0 radical (unpaired) electrons. The number of carbonyl (C=O) groups is 1. The SMILES string of the molecule is COc1ccc(C(=O)OCc2cc(-c3ccco3)on2)c(OC)c1OC. The van der Waals surface area contributed by atoms with Gasteiger partial charge in [0.05, 0.1) is 27.6 Å². The van der Waals surface area contributed by atoms with Gasteiger partial charge in [-0.2, -0.15) is 0 Å². The summed E-state index contributed by atoms with van der Waals surface area (Å²) in [7, 11) is 4.39. The minimum absolute atomic E-state index is 0.0689. The molecule has 0 aliphatic carbocycles. The van der Waals surface area contributed by atoms with Gasteiger partial charge < -0.3 is 27.9 Å². The van der Waals surface area contributed by atoms with Gasteiger partial charge in [0.15, 0.2) is 17.3 Å². The zero-order valence-electron chi connectivity index (χ0n) is 14.5. The number of carbonyl (C=O) groups excluding carboxylic acids is 1. The van der Waals surface area contributed by atoms with Crippen LogP contribution in [-0.4, -0.2) is 32.5 Å². The highest BCUT2D eigenvalue weighted by Gasteiger charge is 2.22. The van der Waals surface area contributed by atoms with Crippen molar-refractivity contribution in [3.8, 4) is 28.8 Å². The van der Waals surface area contributed by atoms with Crippen molar-refractivity contribution in [1.29, 1.82) is 0 Å². The summed E-state index contributed by atoms with van der Waals surface area (Å²) >= 11 is 0. The van der Waals surface area contributed by atoms with E-state index >= 15 is 0 Å². The topological polar surface area (TPSA) is 93.2 Å². The van der Waals surface area contributed by atoms with Crippen LogP contribution in [0.1, 0.15) is 16.1 Å². The molecule has 0 fully saturated rings. The van der Waals surface area contributed by atoms with Crippen LogP contribution in [0.25, 0.3) is 11.5 Å². The number of rotatable bonds is 7. The van der Waals surface area contributed by atoms with Crippen molar-refractivity contribution >= 4 is 5.97 Å². The maximum absolute atomic E-state index is 12.4. The van der Waals surface area contributed by atoms with Gasteiger partial charge in [-0.05, 0) is 24.3 Å². The molecule has 136 valence electrons. The number of aromatic nitrogens is 1. The van der Waals surface area contributed by atoms with Crippen LogP contribution in [0, 0.1) is 0 Å². The Morgan fingerprint density at radius 2 is 1.85 bits per heavy atom. The van der Waals surface area contributed by atoms with Gasteiger partial charge in [0.25, 0.3) is 0 Å². The van der Waals surface area contributed by atoms with Gasteiger partial charge >= 0.3 is 5.97 Å². The lowest BCUT2D eigenvalue weighted by Crippen LogP contribution is -2.08. The second-order valence-electron chi connectivity index (χ2n) is 5.12. The van der Waals surface area contributed by atoms with Gasteiger partial charge in [-0.15, -0.1) is 0 Å². The second kappa shape index (κ2) is 7.64. The van der Waals surface area contributed by atoms with E-state index in [2.05, 4.69) is 5.16 Å². The summed E-state index contributed by atoms with van der Waals surface area (Å²) < 4.78 is 31.4.